The third-order valence-electron chi connectivity index (χ3n) is 3.13. The zero-order chi connectivity index (χ0) is 14.4. The first-order chi connectivity index (χ1) is 9.78. The molecule has 1 aromatic heterocycles. The Bertz CT molecular complexity index is 500. The van der Waals surface area contributed by atoms with Crippen LogP contribution in [-0.2, 0) is 0 Å². The molecule has 0 aliphatic rings. The Morgan fingerprint density at radius 2 is 1.85 bits per heavy atom. The van der Waals surface area contributed by atoms with Gasteiger partial charge in [0.2, 0.25) is 0 Å². The van der Waals surface area contributed by atoms with Crippen LogP contribution in [0.1, 0.15) is 30.7 Å². The summed E-state index contributed by atoms with van der Waals surface area (Å²) in [7, 11) is 3.31. The topological polar surface area (TPSA) is 43.6 Å². The smallest absolute Gasteiger partial charge is 0.125 e. The Morgan fingerprint density at radius 1 is 1.15 bits per heavy atom. The lowest BCUT2D eigenvalue weighted by Gasteiger charge is -2.18. The second-order valence-corrected chi connectivity index (χ2v) is 4.55. The molecule has 0 radical (unpaired) electrons. The maximum absolute atomic E-state index is 5.55. The molecule has 0 fully saturated rings. The van der Waals surface area contributed by atoms with Gasteiger partial charge in [-0.2, -0.15) is 0 Å². The van der Waals surface area contributed by atoms with Crippen molar-refractivity contribution in [2.75, 3.05) is 20.8 Å². The summed E-state index contributed by atoms with van der Waals surface area (Å²) in [5, 5.41) is 3.49. The third-order valence-corrected chi connectivity index (χ3v) is 3.13. The Hall–Kier alpha value is -1.94. The van der Waals surface area contributed by atoms with Gasteiger partial charge in [0.05, 0.1) is 26.5 Å². The lowest BCUT2D eigenvalue weighted by molar-refractivity contribution is 0.390. The molecular formula is C16H21NO3. The normalized spacial score (nSPS) is 12.2. The van der Waals surface area contributed by atoms with Crippen molar-refractivity contribution < 1.29 is 13.9 Å². The van der Waals surface area contributed by atoms with Crippen LogP contribution in [0.5, 0.6) is 11.5 Å². The maximum Gasteiger partial charge on any atom is 0.125 e. The van der Waals surface area contributed by atoms with Gasteiger partial charge in [0.15, 0.2) is 0 Å². The van der Waals surface area contributed by atoms with E-state index in [0.29, 0.717) is 0 Å². The van der Waals surface area contributed by atoms with Crippen molar-refractivity contribution in [3.63, 3.8) is 0 Å². The van der Waals surface area contributed by atoms with Crippen molar-refractivity contribution in [1.29, 1.82) is 0 Å². The van der Waals surface area contributed by atoms with E-state index in [-0.39, 0.29) is 6.04 Å². The summed E-state index contributed by atoms with van der Waals surface area (Å²) < 4.78 is 16.2. The Morgan fingerprint density at radius 3 is 2.35 bits per heavy atom. The maximum atomic E-state index is 5.55. The predicted octanol–water partition coefficient (Wildman–Crippen LogP) is 3.39. The molecule has 1 aromatic carbocycles. The summed E-state index contributed by atoms with van der Waals surface area (Å²) in [4.78, 5) is 0. The fourth-order valence-electron chi connectivity index (χ4n) is 2.12. The number of hydrogen-bond acceptors (Lipinski definition) is 4. The number of furan rings is 1. The molecule has 108 valence electrons. The highest BCUT2D eigenvalue weighted by Crippen LogP contribution is 2.30. The first kappa shape index (κ1) is 14.5. The highest BCUT2D eigenvalue weighted by Gasteiger charge is 2.18. The first-order valence-corrected chi connectivity index (χ1v) is 6.78. The molecule has 2 rings (SSSR count). The first-order valence-electron chi connectivity index (χ1n) is 6.78. The van der Waals surface area contributed by atoms with E-state index < -0.39 is 0 Å². The van der Waals surface area contributed by atoms with Gasteiger partial charge in [-0.3, -0.25) is 0 Å². The fourth-order valence-corrected chi connectivity index (χ4v) is 2.12. The molecular weight excluding hydrogens is 254 g/mol. The molecule has 0 saturated carbocycles. The number of rotatable bonds is 7. The van der Waals surface area contributed by atoms with E-state index in [1.54, 1.807) is 20.5 Å². The summed E-state index contributed by atoms with van der Waals surface area (Å²) in [5.41, 5.74) is 1.06. The van der Waals surface area contributed by atoms with Crippen LogP contribution in [0.2, 0.25) is 0 Å². The van der Waals surface area contributed by atoms with Crippen molar-refractivity contribution >= 4 is 0 Å². The molecule has 1 N–H and O–H groups in total. The van der Waals surface area contributed by atoms with Gasteiger partial charge in [0.1, 0.15) is 17.3 Å². The summed E-state index contributed by atoms with van der Waals surface area (Å²) >= 11 is 0. The van der Waals surface area contributed by atoms with Crippen LogP contribution in [0.3, 0.4) is 0 Å². The SMILES string of the molecule is CCCNC(c1cc(OC)cc(OC)c1)c1ccco1. The molecule has 0 aliphatic carbocycles. The fraction of sp³-hybridized carbons (Fsp3) is 0.375. The monoisotopic (exact) mass is 275 g/mol. The third kappa shape index (κ3) is 3.33. The minimum Gasteiger partial charge on any atom is -0.497 e. The zero-order valence-electron chi connectivity index (χ0n) is 12.2. The summed E-state index contributed by atoms with van der Waals surface area (Å²) in [5.74, 6) is 2.43. The Kier molecular flexibility index (Phi) is 5.07. The van der Waals surface area contributed by atoms with Gasteiger partial charge in [0, 0.05) is 6.07 Å². The molecule has 0 saturated heterocycles. The lowest BCUT2D eigenvalue weighted by atomic mass is 10.0. The molecule has 0 aliphatic heterocycles. The van der Waals surface area contributed by atoms with Crippen molar-refractivity contribution in [1.82, 2.24) is 5.32 Å². The van der Waals surface area contributed by atoms with Crippen LogP contribution in [0.4, 0.5) is 0 Å². The summed E-state index contributed by atoms with van der Waals surface area (Å²) in [6.45, 7) is 3.04. The second-order valence-electron chi connectivity index (χ2n) is 4.55. The van der Waals surface area contributed by atoms with Crippen LogP contribution in [-0.4, -0.2) is 20.8 Å². The van der Waals surface area contributed by atoms with E-state index in [0.717, 1.165) is 35.8 Å². The number of methoxy groups -OCH3 is 2. The molecule has 0 spiro atoms. The van der Waals surface area contributed by atoms with Gasteiger partial charge < -0.3 is 19.2 Å². The van der Waals surface area contributed by atoms with E-state index in [1.165, 1.54) is 0 Å². The Balaban J connectivity index is 2.37. The minimum atomic E-state index is -0.00560. The molecule has 4 nitrogen and oxygen atoms in total. The van der Waals surface area contributed by atoms with Crippen LogP contribution in [0.15, 0.2) is 41.0 Å². The van der Waals surface area contributed by atoms with E-state index in [9.17, 15) is 0 Å². The molecule has 1 unspecified atom stereocenters. The van der Waals surface area contributed by atoms with Gasteiger partial charge in [-0.05, 0) is 42.8 Å². The van der Waals surface area contributed by atoms with Gasteiger partial charge >= 0.3 is 0 Å². The quantitative estimate of drug-likeness (QED) is 0.841. The number of benzene rings is 1. The minimum absolute atomic E-state index is 0.00560. The molecule has 4 heteroatoms. The van der Waals surface area contributed by atoms with Crippen LogP contribution in [0.25, 0.3) is 0 Å². The van der Waals surface area contributed by atoms with Gasteiger partial charge in [0.25, 0.3) is 0 Å². The lowest BCUT2D eigenvalue weighted by Crippen LogP contribution is -2.22. The van der Waals surface area contributed by atoms with Crippen LogP contribution in [0, 0.1) is 0 Å². The van der Waals surface area contributed by atoms with Crippen molar-refractivity contribution in [2.24, 2.45) is 0 Å². The highest BCUT2D eigenvalue weighted by molar-refractivity contribution is 5.41. The molecule has 20 heavy (non-hydrogen) atoms. The molecule has 1 heterocycles. The Labute approximate surface area is 119 Å². The molecule has 2 aromatic rings. The molecule has 0 bridgehead atoms. The highest BCUT2D eigenvalue weighted by atomic mass is 16.5. The molecule has 1 atom stereocenters. The van der Waals surface area contributed by atoms with Gasteiger partial charge in [-0.25, -0.2) is 0 Å². The zero-order valence-corrected chi connectivity index (χ0v) is 12.2. The summed E-state index contributed by atoms with van der Waals surface area (Å²) in [6.07, 6.45) is 2.74. The second kappa shape index (κ2) is 7.01. The van der Waals surface area contributed by atoms with Crippen LogP contribution < -0.4 is 14.8 Å². The van der Waals surface area contributed by atoms with Crippen molar-refractivity contribution in [2.45, 2.75) is 19.4 Å². The van der Waals surface area contributed by atoms with Crippen molar-refractivity contribution in [3.05, 3.63) is 47.9 Å². The van der Waals surface area contributed by atoms with Gasteiger partial charge in [-0.15, -0.1) is 0 Å². The van der Waals surface area contributed by atoms with E-state index >= 15 is 0 Å². The van der Waals surface area contributed by atoms with Crippen LogP contribution >= 0.6 is 0 Å². The van der Waals surface area contributed by atoms with E-state index in [2.05, 4.69) is 12.2 Å². The largest absolute Gasteiger partial charge is 0.497 e. The number of ether oxygens (including phenoxy) is 2. The standard InChI is InChI=1S/C16H21NO3/c1-4-7-17-16(15-6-5-8-20-15)12-9-13(18-2)11-14(10-12)19-3/h5-6,8-11,16-17H,4,7H2,1-3H3. The number of hydrogen-bond donors (Lipinski definition) is 1. The molecule has 0 amide bonds. The van der Waals surface area contributed by atoms with Crippen molar-refractivity contribution in [3.8, 4) is 11.5 Å². The average molecular weight is 275 g/mol. The predicted molar refractivity (Wildman–Crippen MR) is 78.4 cm³/mol. The summed E-state index contributed by atoms with van der Waals surface area (Å²) in [6, 6.07) is 9.72. The number of nitrogens with one attached hydrogen (secondary N) is 1. The van der Waals surface area contributed by atoms with E-state index in [1.807, 2.05) is 30.3 Å². The average Bonchev–Trinajstić information content (AvgIpc) is 3.01. The van der Waals surface area contributed by atoms with E-state index in [4.69, 9.17) is 13.9 Å². The van der Waals surface area contributed by atoms with Gasteiger partial charge in [-0.1, -0.05) is 6.92 Å².